The summed E-state index contributed by atoms with van der Waals surface area (Å²) in [5.74, 6) is -0.361. The normalized spacial score (nSPS) is 20.8. The third kappa shape index (κ3) is 4.61. The number of hydrogen-bond acceptors (Lipinski definition) is 4. The number of sulfone groups is 1. The maximum Gasteiger partial charge on any atom is 0.573 e. The largest absolute Gasteiger partial charge is 0.573 e. The molecule has 0 spiro atoms. The summed E-state index contributed by atoms with van der Waals surface area (Å²) in [7, 11) is -3.39. The van der Waals surface area contributed by atoms with Gasteiger partial charge in [0.15, 0.2) is 9.84 Å². The molecule has 0 radical (unpaired) electrons. The summed E-state index contributed by atoms with van der Waals surface area (Å²) in [6.07, 6.45) is -4.05. The summed E-state index contributed by atoms with van der Waals surface area (Å²) >= 11 is 0. The Kier molecular flexibility index (Phi) is 5.01. The third-order valence-corrected chi connectivity index (χ3v) is 5.90. The van der Waals surface area contributed by atoms with Crippen LogP contribution in [0.15, 0.2) is 24.3 Å². The predicted molar refractivity (Wildman–Crippen MR) is 74.3 cm³/mol. The first-order valence-electron chi connectivity index (χ1n) is 6.82. The van der Waals surface area contributed by atoms with Gasteiger partial charge in [0.1, 0.15) is 5.75 Å². The quantitative estimate of drug-likeness (QED) is 0.828. The number of hydrogen-bond donors (Lipinski definition) is 0. The van der Waals surface area contributed by atoms with Crippen molar-refractivity contribution in [3.8, 4) is 5.75 Å². The van der Waals surface area contributed by atoms with Crippen LogP contribution in [-0.2, 0) is 14.6 Å². The molecule has 1 fully saturated rings. The Labute approximate surface area is 127 Å². The highest BCUT2D eigenvalue weighted by Crippen LogP contribution is 2.29. The Balaban J connectivity index is 2.06. The van der Waals surface area contributed by atoms with Gasteiger partial charge in [-0.05, 0) is 37.0 Å². The molecule has 0 aliphatic carbocycles. The van der Waals surface area contributed by atoms with E-state index < -0.39 is 21.4 Å². The Hall–Kier alpha value is -1.28. The molecule has 0 amide bonds. The predicted octanol–water partition coefficient (Wildman–Crippen LogP) is 3.10. The molecule has 2 atom stereocenters. The minimum absolute atomic E-state index is 0.0136. The van der Waals surface area contributed by atoms with E-state index in [9.17, 15) is 21.6 Å². The molecule has 0 saturated carbocycles. The van der Waals surface area contributed by atoms with E-state index in [4.69, 9.17) is 4.74 Å². The highest BCUT2D eigenvalue weighted by Gasteiger charge is 2.32. The zero-order valence-corrected chi connectivity index (χ0v) is 12.8. The van der Waals surface area contributed by atoms with E-state index in [1.165, 1.54) is 19.1 Å². The molecule has 0 N–H and O–H groups in total. The van der Waals surface area contributed by atoms with Crippen molar-refractivity contribution < 1.29 is 31.1 Å². The average molecular weight is 338 g/mol. The number of alkyl halides is 3. The molecular formula is C14H17F3O4S. The van der Waals surface area contributed by atoms with Crippen molar-refractivity contribution in [2.24, 2.45) is 5.92 Å². The van der Waals surface area contributed by atoms with Crippen molar-refractivity contribution in [3.05, 3.63) is 29.8 Å². The molecule has 1 saturated heterocycles. The van der Waals surface area contributed by atoms with Crippen molar-refractivity contribution in [2.75, 3.05) is 19.0 Å². The fourth-order valence-corrected chi connectivity index (χ4v) is 4.12. The molecular weight excluding hydrogens is 321 g/mol. The Morgan fingerprint density at radius 1 is 1.32 bits per heavy atom. The molecule has 0 unspecified atom stereocenters. The van der Waals surface area contributed by atoms with Crippen LogP contribution in [0.2, 0.25) is 0 Å². The van der Waals surface area contributed by atoms with Crippen molar-refractivity contribution in [2.45, 2.75) is 25.0 Å². The first kappa shape index (κ1) is 17.1. The molecule has 4 nitrogen and oxygen atoms in total. The first-order chi connectivity index (χ1) is 10.2. The standard InChI is InChI=1S/C14H17F3O4S/c1-10(22(18,19)9-11-6-7-20-8-11)12-2-4-13(5-3-12)21-14(15,16)17/h2-5,10-11H,6-9H2,1H3/t10-,11+/m1/s1. The zero-order valence-electron chi connectivity index (χ0n) is 12.0. The SMILES string of the molecule is C[C@H](c1ccc(OC(F)(F)F)cc1)S(=O)(=O)C[C@H]1CCOC1. The molecule has 124 valence electrons. The lowest BCUT2D eigenvalue weighted by atomic mass is 10.1. The summed E-state index contributed by atoms with van der Waals surface area (Å²) in [6, 6.07) is 4.92. The Bertz CT molecular complexity index is 590. The van der Waals surface area contributed by atoms with Gasteiger partial charge in [0, 0.05) is 6.61 Å². The second-order valence-electron chi connectivity index (χ2n) is 5.32. The van der Waals surface area contributed by atoms with E-state index in [1.807, 2.05) is 0 Å². The van der Waals surface area contributed by atoms with E-state index in [2.05, 4.69) is 4.74 Å². The molecule has 1 aliphatic rings. The van der Waals surface area contributed by atoms with E-state index in [0.29, 0.717) is 25.2 Å². The molecule has 0 bridgehead atoms. The average Bonchev–Trinajstić information content (AvgIpc) is 2.89. The second kappa shape index (κ2) is 6.45. The minimum atomic E-state index is -4.76. The number of halogens is 3. The summed E-state index contributed by atoms with van der Waals surface area (Å²) in [5, 5.41) is -0.784. The second-order valence-corrected chi connectivity index (χ2v) is 7.68. The van der Waals surface area contributed by atoms with E-state index in [0.717, 1.165) is 12.1 Å². The first-order valence-corrected chi connectivity index (χ1v) is 8.54. The van der Waals surface area contributed by atoms with Gasteiger partial charge in [-0.15, -0.1) is 13.2 Å². The van der Waals surface area contributed by atoms with Crippen molar-refractivity contribution >= 4 is 9.84 Å². The third-order valence-electron chi connectivity index (χ3n) is 3.61. The van der Waals surface area contributed by atoms with Crippen LogP contribution in [0.1, 0.15) is 24.2 Å². The molecule has 1 aliphatic heterocycles. The number of rotatable bonds is 5. The van der Waals surface area contributed by atoms with Crippen LogP contribution in [0.5, 0.6) is 5.75 Å². The number of benzene rings is 1. The Morgan fingerprint density at radius 3 is 2.45 bits per heavy atom. The van der Waals surface area contributed by atoms with Gasteiger partial charge in [-0.3, -0.25) is 0 Å². The van der Waals surface area contributed by atoms with Gasteiger partial charge in [0.05, 0.1) is 17.6 Å². The summed E-state index contributed by atoms with van der Waals surface area (Å²) in [6.45, 7) is 2.53. The van der Waals surface area contributed by atoms with E-state index >= 15 is 0 Å². The molecule has 22 heavy (non-hydrogen) atoms. The van der Waals surface area contributed by atoms with Gasteiger partial charge >= 0.3 is 6.36 Å². The van der Waals surface area contributed by atoms with Crippen molar-refractivity contribution in [1.82, 2.24) is 0 Å². The van der Waals surface area contributed by atoms with Crippen LogP contribution in [0.4, 0.5) is 13.2 Å². The maximum atomic E-state index is 12.3. The Morgan fingerprint density at radius 2 is 1.95 bits per heavy atom. The maximum absolute atomic E-state index is 12.3. The highest BCUT2D eigenvalue weighted by atomic mass is 32.2. The van der Waals surface area contributed by atoms with Gasteiger partial charge in [-0.25, -0.2) is 8.42 Å². The monoisotopic (exact) mass is 338 g/mol. The lowest BCUT2D eigenvalue weighted by Gasteiger charge is -2.16. The van der Waals surface area contributed by atoms with Gasteiger partial charge in [0.2, 0.25) is 0 Å². The summed E-state index contributed by atoms with van der Waals surface area (Å²) in [4.78, 5) is 0. The van der Waals surface area contributed by atoms with E-state index in [-0.39, 0.29) is 17.4 Å². The fourth-order valence-electron chi connectivity index (χ4n) is 2.34. The lowest BCUT2D eigenvalue weighted by Crippen LogP contribution is -2.21. The molecule has 2 rings (SSSR count). The van der Waals surface area contributed by atoms with Gasteiger partial charge in [0.25, 0.3) is 0 Å². The van der Waals surface area contributed by atoms with Crippen molar-refractivity contribution in [1.29, 1.82) is 0 Å². The van der Waals surface area contributed by atoms with Gasteiger partial charge < -0.3 is 9.47 Å². The van der Waals surface area contributed by atoms with Gasteiger partial charge in [-0.1, -0.05) is 12.1 Å². The van der Waals surface area contributed by atoms with Crippen LogP contribution >= 0.6 is 0 Å². The molecule has 1 aromatic rings. The summed E-state index contributed by atoms with van der Waals surface area (Å²) < 4.78 is 69.9. The lowest BCUT2D eigenvalue weighted by molar-refractivity contribution is -0.274. The molecule has 0 aromatic heterocycles. The topological polar surface area (TPSA) is 52.6 Å². The van der Waals surface area contributed by atoms with Crippen LogP contribution in [0.25, 0.3) is 0 Å². The van der Waals surface area contributed by atoms with E-state index in [1.54, 1.807) is 0 Å². The summed E-state index contributed by atoms with van der Waals surface area (Å²) in [5.41, 5.74) is 0.438. The number of ether oxygens (including phenoxy) is 2. The highest BCUT2D eigenvalue weighted by molar-refractivity contribution is 7.91. The van der Waals surface area contributed by atoms with Crippen LogP contribution < -0.4 is 4.74 Å². The smallest absolute Gasteiger partial charge is 0.406 e. The van der Waals surface area contributed by atoms with Crippen LogP contribution in [-0.4, -0.2) is 33.7 Å². The van der Waals surface area contributed by atoms with Gasteiger partial charge in [-0.2, -0.15) is 0 Å². The molecule has 8 heteroatoms. The fraction of sp³-hybridized carbons (Fsp3) is 0.571. The van der Waals surface area contributed by atoms with Crippen molar-refractivity contribution in [3.63, 3.8) is 0 Å². The van der Waals surface area contributed by atoms with Crippen LogP contribution in [0.3, 0.4) is 0 Å². The minimum Gasteiger partial charge on any atom is -0.406 e. The molecule has 1 heterocycles. The van der Waals surface area contributed by atoms with Crippen LogP contribution in [0, 0.1) is 5.92 Å². The molecule has 1 aromatic carbocycles. The zero-order chi connectivity index (χ0) is 16.4.